The Balaban J connectivity index is 2.08. The van der Waals surface area contributed by atoms with Gasteiger partial charge in [0, 0.05) is 28.6 Å². The van der Waals surface area contributed by atoms with Gasteiger partial charge in [-0.2, -0.15) is 0 Å². The Labute approximate surface area is 154 Å². The van der Waals surface area contributed by atoms with Gasteiger partial charge < -0.3 is 4.42 Å². The molecule has 0 radical (unpaired) electrons. The van der Waals surface area contributed by atoms with Crippen molar-refractivity contribution in [3.63, 3.8) is 0 Å². The van der Waals surface area contributed by atoms with E-state index in [-0.39, 0.29) is 0 Å². The lowest BCUT2D eigenvalue weighted by atomic mass is 9.93. The molecule has 132 valence electrons. The molecule has 3 heteroatoms. The topological polar surface area (TPSA) is 29.9 Å². The molecule has 0 saturated heterocycles. The normalized spacial score (nSPS) is 11.8. The third-order valence-corrected chi connectivity index (χ3v) is 5.28. The molecule has 0 atom stereocenters. The summed E-state index contributed by atoms with van der Waals surface area (Å²) in [4.78, 5) is 4.40. The smallest absolute Gasteiger partial charge is 0.227 e. The number of aryl methyl sites for hydroxylation is 3. The lowest BCUT2D eigenvalue weighted by molar-refractivity contribution is -0.660. The molecule has 0 N–H and O–H groups in total. The van der Waals surface area contributed by atoms with Crippen LogP contribution in [0.4, 0.5) is 0 Å². The van der Waals surface area contributed by atoms with Crippen molar-refractivity contribution in [1.29, 1.82) is 0 Å². The van der Waals surface area contributed by atoms with Gasteiger partial charge in [0.25, 0.3) is 0 Å². The highest BCUT2D eigenvalue weighted by Gasteiger charge is 2.23. The molecular weight excluding hydrogens is 320 g/mol. The molecule has 4 rings (SSSR count). The van der Waals surface area contributed by atoms with Crippen LogP contribution in [-0.4, -0.2) is 4.98 Å². The van der Waals surface area contributed by atoms with Crippen molar-refractivity contribution in [1.82, 2.24) is 4.98 Å². The van der Waals surface area contributed by atoms with Gasteiger partial charge in [0.15, 0.2) is 11.8 Å². The molecule has 0 bridgehead atoms. The summed E-state index contributed by atoms with van der Waals surface area (Å²) < 4.78 is 8.44. The van der Waals surface area contributed by atoms with Crippen LogP contribution in [0.25, 0.3) is 33.3 Å². The number of furan rings is 1. The third kappa shape index (κ3) is 2.50. The summed E-state index contributed by atoms with van der Waals surface area (Å²) in [5.74, 6) is 0.488. The summed E-state index contributed by atoms with van der Waals surface area (Å²) in [7, 11) is 2.12. The molecule has 0 fully saturated rings. The van der Waals surface area contributed by atoms with Gasteiger partial charge in [0.1, 0.15) is 7.05 Å². The van der Waals surface area contributed by atoms with Gasteiger partial charge in [-0.15, -0.1) is 0 Å². The van der Waals surface area contributed by atoms with E-state index in [0.29, 0.717) is 11.6 Å². The maximum atomic E-state index is 6.21. The van der Waals surface area contributed by atoms with Gasteiger partial charge in [-0.25, -0.2) is 9.55 Å². The van der Waals surface area contributed by atoms with E-state index >= 15 is 0 Å². The van der Waals surface area contributed by atoms with E-state index in [1.807, 2.05) is 6.07 Å². The van der Waals surface area contributed by atoms with Crippen LogP contribution in [0.3, 0.4) is 0 Å². The van der Waals surface area contributed by atoms with Crippen LogP contribution in [0.15, 0.2) is 47.1 Å². The van der Waals surface area contributed by atoms with Gasteiger partial charge in [-0.05, 0) is 42.5 Å². The van der Waals surface area contributed by atoms with E-state index in [2.05, 4.69) is 74.8 Å². The molecule has 0 amide bonds. The van der Waals surface area contributed by atoms with E-state index < -0.39 is 0 Å². The predicted octanol–water partition coefficient (Wildman–Crippen LogP) is 5.47. The standard InChI is InChI=1S/C23H25N2O/c1-6-16-13-25(5)20(12-19(16)14(2)3)21-15(4)9-10-17-18-8-7-11-24-23(18)26-22(17)21/h7-14H,6H2,1-5H3/q+1. The average Bonchev–Trinajstić information content (AvgIpc) is 3.00. The number of rotatable bonds is 3. The zero-order chi connectivity index (χ0) is 18.4. The van der Waals surface area contributed by atoms with Gasteiger partial charge in [-0.1, -0.05) is 32.9 Å². The van der Waals surface area contributed by atoms with Crippen LogP contribution in [0.2, 0.25) is 0 Å². The van der Waals surface area contributed by atoms with E-state index in [1.165, 1.54) is 22.4 Å². The highest BCUT2D eigenvalue weighted by molar-refractivity contribution is 6.08. The first-order valence-corrected chi connectivity index (χ1v) is 9.31. The number of hydrogen-bond acceptors (Lipinski definition) is 2. The van der Waals surface area contributed by atoms with E-state index in [1.54, 1.807) is 6.20 Å². The van der Waals surface area contributed by atoms with Crippen LogP contribution in [0.5, 0.6) is 0 Å². The number of nitrogens with zero attached hydrogens (tertiary/aromatic N) is 2. The monoisotopic (exact) mass is 345 g/mol. The van der Waals surface area contributed by atoms with Crippen LogP contribution >= 0.6 is 0 Å². The molecule has 0 unspecified atom stereocenters. The first-order valence-electron chi connectivity index (χ1n) is 9.31. The first kappa shape index (κ1) is 16.8. The fourth-order valence-electron chi connectivity index (χ4n) is 3.89. The molecule has 0 aliphatic rings. The van der Waals surface area contributed by atoms with Crippen molar-refractivity contribution in [2.45, 2.75) is 40.0 Å². The van der Waals surface area contributed by atoms with Crippen molar-refractivity contribution < 1.29 is 8.98 Å². The third-order valence-electron chi connectivity index (χ3n) is 5.28. The number of aromatic nitrogens is 2. The average molecular weight is 345 g/mol. The molecule has 26 heavy (non-hydrogen) atoms. The molecular formula is C23H25N2O+. The van der Waals surface area contributed by atoms with Crippen LogP contribution in [0, 0.1) is 6.92 Å². The molecule has 1 aromatic carbocycles. The summed E-state index contributed by atoms with van der Waals surface area (Å²) >= 11 is 0. The number of hydrogen-bond donors (Lipinski definition) is 0. The minimum atomic E-state index is 0.488. The van der Waals surface area contributed by atoms with Crippen molar-refractivity contribution in [3.8, 4) is 11.3 Å². The summed E-state index contributed by atoms with van der Waals surface area (Å²) in [5.41, 5.74) is 8.00. The van der Waals surface area contributed by atoms with E-state index in [0.717, 1.165) is 28.3 Å². The van der Waals surface area contributed by atoms with Gasteiger partial charge >= 0.3 is 0 Å². The molecule has 3 nitrogen and oxygen atoms in total. The Bertz CT molecular complexity index is 1120. The summed E-state index contributed by atoms with van der Waals surface area (Å²) in [6, 6.07) is 10.7. The summed E-state index contributed by atoms with van der Waals surface area (Å²) in [6.07, 6.45) is 5.09. The number of benzene rings is 1. The summed E-state index contributed by atoms with van der Waals surface area (Å²) in [5, 5.41) is 2.19. The quantitative estimate of drug-likeness (QED) is 0.461. The Morgan fingerprint density at radius 2 is 1.96 bits per heavy atom. The van der Waals surface area contributed by atoms with Gasteiger partial charge in [-0.3, -0.25) is 0 Å². The summed E-state index contributed by atoms with van der Waals surface area (Å²) in [6.45, 7) is 8.89. The highest BCUT2D eigenvalue weighted by atomic mass is 16.3. The molecule has 0 saturated carbocycles. The van der Waals surface area contributed by atoms with Crippen molar-refractivity contribution in [2.75, 3.05) is 0 Å². The second kappa shape index (κ2) is 6.24. The molecule has 4 aromatic rings. The van der Waals surface area contributed by atoms with Crippen molar-refractivity contribution in [2.24, 2.45) is 7.05 Å². The van der Waals surface area contributed by atoms with Crippen LogP contribution in [0.1, 0.15) is 43.4 Å². The number of pyridine rings is 2. The zero-order valence-electron chi connectivity index (χ0n) is 16.1. The number of fused-ring (bicyclic) bond motifs is 3. The Morgan fingerprint density at radius 1 is 1.15 bits per heavy atom. The highest BCUT2D eigenvalue weighted by Crippen LogP contribution is 2.37. The fraction of sp³-hybridized carbons (Fsp3) is 0.304. The maximum Gasteiger partial charge on any atom is 0.227 e. The maximum absolute atomic E-state index is 6.21. The SMILES string of the molecule is CCc1c[n+](C)c(-c2c(C)ccc3c2oc2ncccc23)cc1C(C)C. The molecule has 0 spiro atoms. The van der Waals surface area contributed by atoms with Crippen LogP contribution < -0.4 is 4.57 Å². The second-order valence-corrected chi connectivity index (χ2v) is 7.35. The zero-order valence-corrected chi connectivity index (χ0v) is 16.1. The van der Waals surface area contributed by atoms with Gasteiger partial charge in [0.2, 0.25) is 11.4 Å². The van der Waals surface area contributed by atoms with E-state index in [9.17, 15) is 0 Å². The Kier molecular flexibility index (Phi) is 4.03. The molecule has 3 heterocycles. The lowest BCUT2D eigenvalue weighted by Crippen LogP contribution is -2.32. The van der Waals surface area contributed by atoms with Crippen molar-refractivity contribution in [3.05, 3.63) is 59.4 Å². The molecule has 0 aliphatic heterocycles. The molecule has 3 aromatic heterocycles. The Morgan fingerprint density at radius 3 is 2.69 bits per heavy atom. The van der Waals surface area contributed by atoms with Crippen LogP contribution in [-0.2, 0) is 13.5 Å². The van der Waals surface area contributed by atoms with E-state index in [4.69, 9.17) is 4.42 Å². The Hall–Kier alpha value is -2.68. The van der Waals surface area contributed by atoms with Crippen molar-refractivity contribution >= 4 is 22.1 Å². The molecule has 0 aliphatic carbocycles. The minimum absolute atomic E-state index is 0.488. The first-order chi connectivity index (χ1) is 12.5. The second-order valence-electron chi connectivity index (χ2n) is 7.35. The fourth-order valence-corrected chi connectivity index (χ4v) is 3.89. The van der Waals surface area contributed by atoms with Gasteiger partial charge in [0.05, 0.1) is 5.56 Å². The predicted molar refractivity (Wildman–Crippen MR) is 106 cm³/mol. The minimum Gasteiger partial charge on any atom is -0.437 e. The lowest BCUT2D eigenvalue weighted by Gasteiger charge is -2.13. The largest absolute Gasteiger partial charge is 0.437 e.